The van der Waals surface area contributed by atoms with E-state index in [2.05, 4.69) is 9.97 Å². The summed E-state index contributed by atoms with van der Waals surface area (Å²) < 4.78 is 20.0. The van der Waals surface area contributed by atoms with Crippen molar-refractivity contribution in [1.29, 1.82) is 0 Å². The molecular weight excluding hydrogens is 333 g/mol. The molecule has 0 fully saturated rings. The van der Waals surface area contributed by atoms with Crippen molar-refractivity contribution < 1.29 is 8.76 Å². The molecular formula is C13H11Cl2N3O2S. The van der Waals surface area contributed by atoms with E-state index in [-0.39, 0.29) is 5.75 Å². The first-order valence-electron chi connectivity index (χ1n) is 6.18. The van der Waals surface area contributed by atoms with E-state index in [0.717, 1.165) is 24.2 Å². The fourth-order valence-electron chi connectivity index (χ4n) is 2.42. The largest absolute Gasteiger partial charge is 0.326 e. The third-order valence-corrected chi connectivity index (χ3v) is 4.43. The van der Waals surface area contributed by atoms with Gasteiger partial charge in [-0.1, -0.05) is 29.3 Å². The predicted octanol–water partition coefficient (Wildman–Crippen LogP) is 3.20. The third-order valence-electron chi connectivity index (χ3n) is 3.32. The summed E-state index contributed by atoms with van der Waals surface area (Å²) in [4.78, 5) is 10.1. The highest BCUT2D eigenvalue weighted by Crippen LogP contribution is 2.37. The Balaban J connectivity index is 1.99. The van der Waals surface area contributed by atoms with Crippen LogP contribution in [-0.2, 0) is 23.3 Å². The molecule has 1 aliphatic rings. The molecule has 0 saturated heterocycles. The normalized spacial score (nSPS) is 15.1. The molecule has 0 radical (unpaired) electrons. The van der Waals surface area contributed by atoms with E-state index in [1.54, 1.807) is 6.07 Å². The number of nitrogens with zero attached hydrogens (tertiary/aromatic N) is 3. The lowest BCUT2D eigenvalue weighted by atomic mass is 10.1. The Morgan fingerprint density at radius 1 is 1.29 bits per heavy atom. The van der Waals surface area contributed by atoms with E-state index in [0.29, 0.717) is 21.6 Å². The molecule has 1 aromatic heterocycles. The van der Waals surface area contributed by atoms with Gasteiger partial charge >= 0.3 is 0 Å². The molecule has 8 heteroatoms. The van der Waals surface area contributed by atoms with Crippen molar-refractivity contribution in [3.63, 3.8) is 0 Å². The second kappa shape index (κ2) is 5.88. The van der Waals surface area contributed by atoms with Crippen LogP contribution in [0.15, 0.2) is 24.5 Å². The molecule has 2 heterocycles. The number of aromatic nitrogens is 2. The second-order valence-electron chi connectivity index (χ2n) is 4.64. The van der Waals surface area contributed by atoms with Crippen LogP contribution in [0.5, 0.6) is 0 Å². The van der Waals surface area contributed by atoms with Gasteiger partial charge in [0.25, 0.3) is 0 Å². The summed E-state index contributed by atoms with van der Waals surface area (Å²) in [5.74, 6) is 0.745. The van der Waals surface area contributed by atoms with E-state index in [9.17, 15) is 4.21 Å². The minimum absolute atomic E-state index is 0.0332. The van der Waals surface area contributed by atoms with Crippen LogP contribution < -0.4 is 4.90 Å². The van der Waals surface area contributed by atoms with Crippen molar-refractivity contribution >= 4 is 45.8 Å². The van der Waals surface area contributed by atoms with Gasteiger partial charge < -0.3 is 9.45 Å². The molecule has 1 unspecified atom stereocenters. The molecule has 21 heavy (non-hydrogen) atoms. The molecule has 0 saturated carbocycles. The van der Waals surface area contributed by atoms with Crippen molar-refractivity contribution in [2.24, 2.45) is 0 Å². The van der Waals surface area contributed by atoms with Crippen molar-refractivity contribution in [3.8, 4) is 0 Å². The van der Waals surface area contributed by atoms with E-state index < -0.39 is 11.1 Å². The van der Waals surface area contributed by atoms with Crippen molar-refractivity contribution in [2.75, 3.05) is 11.4 Å². The average Bonchev–Trinajstić information content (AvgIpc) is 2.81. The van der Waals surface area contributed by atoms with Gasteiger partial charge in [0.15, 0.2) is 11.1 Å². The van der Waals surface area contributed by atoms with Gasteiger partial charge in [-0.25, -0.2) is 14.2 Å². The molecule has 1 N–H and O–H groups in total. The number of halogens is 2. The summed E-state index contributed by atoms with van der Waals surface area (Å²) in [5, 5.41) is 0.857. The summed E-state index contributed by atoms with van der Waals surface area (Å²) in [6, 6.07) is 5.39. The smallest absolute Gasteiger partial charge is 0.157 e. The van der Waals surface area contributed by atoms with Gasteiger partial charge in [-0.05, 0) is 23.6 Å². The van der Waals surface area contributed by atoms with Crippen LogP contribution in [0.2, 0.25) is 10.2 Å². The minimum Gasteiger partial charge on any atom is -0.326 e. The van der Waals surface area contributed by atoms with Crippen LogP contribution in [0.3, 0.4) is 0 Å². The zero-order valence-electron chi connectivity index (χ0n) is 10.8. The van der Waals surface area contributed by atoms with Crippen LogP contribution >= 0.6 is 23.2 Å². The van der Waals surface area contributed by atoms with E-state index in [1.807, 2.05) is 17.0 Å². The summed E-state index contributed by atoms with van der Waals surface area (Å²) >= 11 is 10.2. The molecule has 110 valence electrons. The van der Waals surface area contributed by atoms with Gasteiger partial charge in [-0.3, -0.25) is 0 Å². The van der Waals surface area contributed by atoms with Crippen LogP contribution in [0, 0.1) is 0 Å². The van der Waals surface area contributed by atoms with Gasteiger partial charge in [0.05, 0.1) is 5.75 Å². The third kappa shape index (κ3) is 3.03. The Labute approximate surface area is 134 Å². The number of rotatable bonds is 3. The maximum atomic E-state index is 11.0. The molecule has 0 amide bonds. The molecule has 2 aromatic rings. The lowest BCUT2D eigenvalue weighted by Crippen LogP contribution is -2.14. The molecule has 0 aliphatic carbocycles. The Hall–Kier alpha value is -1.21. The second-order valence-corrected chi connectivity index (χ2v) is 6.36. The monoisotopic (exact) mass is 343 g/mol. The van der Waals surface area contributed by atoms with Crippen molar-refractivity contribution in [1.82, 2.24) is 9.97 Å². The molecule has 5 nitrogen and oxygen atoms in total. The van der Waals surface area contributed by atoms with E-state index in [4.69, 9.17) is 27.8 Å². The van der Waals surface area contributed by atoms with Crippen molar-refractivity contribution in [3.05, 3.63) is 45.8 Å². The SMILES string of the molecule is O=S(O)Cc1cc2c(cc1Cl)N(c1cc(Cl)ncn1)CC2. The summed E-state index contributed by atoms with van der Waals surface area (Å²) in [6.45, 7) is 0.755. The van der Waals surface area contributed by atoms with Gasteiger partial charge in [0.2, 0.25) is 0 Å². The summed E-state index contributed by atoms with van der Waals surface area (Å²) in [6.07, 6.45) is 2.24. The molecule has 1 atom stereocenters. The quantitative estimate of drug-likeness (QED) is 0.684. The first-order chi connectivity index (χ1) is 10.0. The van der Waals surface area contributed by atoms with E-state index in [1.165, 1.54) is 6.33 Å². The number of fused-ring (bicyclic) bond motifs is 1. The Morgan fingerprint density at radius 2 is 2.10 bits per heavy atom. The number of anilines is 2. The standard InChI is InChI=1S/C13H11Cl2N3O2S/c14-10-4-11-8(3-9(10)6-21(19)20)1-2-18(11)13-5-12(15)16-7-17-13/h3-5,7H,1-2,6H2,(H,19,20). The predicted molar refractivity (Wildman–Crippen MR) is 83.7 cm³/mol. The van der Waals surface area contributed by atoms with Gasteiger partial charge in [0.1, 0.15) is 17.3 Å². The lowest BCUT2D eigenvalue weighted by molar-refractivity contribution is 0.563. The highest BCUT2D eigenvalue weighted by molar-refractivity contribution is 7.78. The fraction of sp³-hybridized carbons (Fsp3) is 0.231. The molecule has 1 aromatic carbocycles. The first kappa shape index (κ1) is 14.7. The number of benzene rings is 1. The molecule has 0 bridgehead atoms. The van der Waals surface area contributed by atoms with Gasteiger partial charge in [0, 0.05) is 23.3 Å². The van der Waals surface area contributed by atoms with Gasteiger partial charge in [-0.2, -0.15) is 0 Å². The lowest BCUT2D eigenvalue weighted by Gasteiger charge is -2.18. The number of hydrogen-bond acceptors (Lipinski definition) is 4. The first-order valence-corrected chi connectivity index (χ1v) is 8.21. The van der Waals surface area contributed by atoms with Crippen molar-refractivity contribution in [2.45, 2.75) is 12.2 Å². The van der Waals surface area contributed by atoms with Crippen LogP contribution in [0.25, 0.3) is 0 Å². The average molecular weight is 344 g/mol. The highest BCUT2D eigenvalue weighted by Gasteiger charge is 2.23. The van der Waals surface area contributed by atoms with Crippen LogP contribution in [0.4, 0.5) is 11.5 Å². The molecule has 1 aliphatic heterocycles. The van der Waals surface area contributed by atoms with Crippen LogP contribution in [-0.4, -0.2) is 25.3 Å². The molecule has 3 rings (SSSR count). The maximum absolute atomic E-state index is 11.0. The zero-order valence-corrected chi connectivity index (χ0v) is 13.1. The van der Waals surface area contributed by atoms with Crippen LogP contribution in [0.1, 0.15) is 11.1 Å². The summed E-state index contributed by atoms with van der Waals surface area (Å²) in [7, 11) is 0. The van der Waals surface area contributed by atoms with E-state index >= 15 is 0 Å². The highest BCUT2D eigenvalue weighted by atomic mass is 35.5. The zero-order chi connectivity index (χ0) is 15.0. The fourth-order valence-corrected chi connectivity index (χ4v) is 3.37. The molecule has 0 spiro atoms. The number of hydrogen-bond donors (Lipinski definition) is 1. The summed E-state index contributed by atoms with van der Waals surface area (Å²) in [5.41, 5.74) is 2.70. The maximum Gasteiger partial charge on any atom is 0.157 e. The van der Waals surface area contributed by atoms with Gasteiger partial charge in [-0.15, -0.1) is 0 Å². The Morgan fingerprint density at radius 3 is 2.81 bits per heavy atom. The minimum atomic E-state index is -1.91. The topological polar surface area (TPSA) is 66.3 Å². The Kier molecular flexibility index (Phi) is 4.12. The Bertz CT molecular complexity index is 727.